The van der Waals surface area contributed by atoms with E-state index in [1.54, 1.807) is 26.3 Å². The summed E-state index contributed by atoms with van der Waals surface area (Å²) in [5.74, 6) is -0.390. The summed E-state index contributed by atoms with van der Waals surface area (Å²) in [5, 5.41) is 2.67. The highest BCUT2D eigenvalue weighted by atomic mass is 16.5. The molecule has 0 saturated heterocycles. The Morgan fingerprint density at radius 1 is 1.29 bits per heavy atom. The Bertz CT molecular complexity index is 460. The second-order valence-corrected chi connectivity index (χ2v) is 4.74. The van der Waals surface area contributed by atoms with Crippen molar-refractivity contribution in [2.45, 2.75) is 6.42 Å². The predicted octanol–water partition coefficient (Wildman–Crippen LogP) is 0.0224. The van der Waals surface area contributed by atoms with Gasteiger partial charge in [-0.2, -0.15) is 0 Å². The SMILES string of the molecule is COCCNC(=O)CN(C)C(=O)c1ccc(CCN)cc1. The van der Waals surface area contributed by atoms with Crippen LogP contribution in [0, 0.1) is 0 Å². The molecule has 1 aromatic rings. The third kappa shape index (κ3) is 5.93. The third-order valence-electron chi connectivity index (χ3n) is 2.99. The number of carbonyl (C=O) groups is 2. The van der Waals surface area contributed by atoms with Crippen LogP contribution < -0.4 is 11.1 Å². The summed E-state index contributed by atoms with van der Waals surface area (Å²) < 4.78 is 4.84. The van der Waals surface area contributed by atoms with Gasteiger partial charge >= 0.3 is 0 Å². The molecule has 1 rings (SSSR count). The van der Waals surface area contributed by atoms with Gasteiger partial charge in [-0.1, -0.05) is 12.1 Å². The molecule has 6 heteroatoms. The second-order valence-electron chi connectivity index (χ2n) is 4.74. The summed E-state index contributed by atoms with van der Waals surface area (Å²) in [6, 6.07) is 7.28. The number of carbonyl (C=O) groups excluding carboxylic acids is 2. The Morgan fingerprint density at radius 2 is 1.95 bits per heavy atom. The zero-order chi connectivity index (χ0) is 15.7. The highest BCUT2D eigenvalue weighted by Crippen LogP contribution is 2.07. The van der Waals surface area contributed by atoms with Crippen molar-refractivity contribution in [2.75, 3.05) is 40.4 Å². The van der Waals surface area contributed by atoms with E-state index in [1.165, 1.54) is 4.90 Å². The maximum Gasteiger partial charge on any atom is 0.254 e. The standard InChI is InChI=1S/C15H23N3O3/c1-18(11-14(19)17-9-10-21-2)15(20)13-5-3-12(4-6-13)7-8-16/h3-6H,7-11,16H2,1-2H3,(H,17,19). The Hall–Kier alpha value is -1.92. The van der Waals surface area contributed by atoms with E-state index in [4.69, 9.17) is 10.5 Å². The van der Waals surface area contributed by atoms with Gasteiger partial charge in [0, 0.05) is 26.3 Å². The Balaban J connectivity index is 2.51. The van der Waals surface area contributed by atoms with Gasteiger partial charge in [0.05, 0.1) is 13.2 Å². The van der Waals surface area contributed by atoms with Gasteiger partial charge in [-0.05, 0) is 30.7 Å². The lowest BCUT2D eigenvalue weighted by atomic mass is 10.1. The average Bonchev–Trinajstić information content (AvgIpc) is 2.48. The molecule has 0 heterocycles. The van der Waals surface area contributed by atoms with Crippen molar-refractivity contribution in [3.63, 3.8) is 0 Å². The topological polar surface area (TPSA) is 84.7 Å². The maximum atomic E-state index is 12.2. The smallest absolute Gasteiger partial charge is 0.254 e. The van der Waals surface area contributed by atoms with E-state index < -0.39 is 0 Å². The molecule has 0 spiro atoms. The van der Waals surface area contributed by atoms with Crippen molar-refractivity contribution in [2.24, 2.45) is 5.73 Å². The van der Waals surface area contributed by atoms with E-state index in [-0.39, 0.29) is 18.4 Å². The number of ether oxygens (including phenoxy) is 1. The van der Waals surface area contributed by atoms with Crippen molar-refractivity contribution in [1.82, 2.24) is 10.2 Å². The highest BCUT2D eigenvalue weighted by molar-refractivity contribution is 5.96. The fourth-order valence-electron chi connectivity index (χ4n) is 1.84. The van der Waals surface area contributed by atoms with E-state index in [0.717, 1.165) is 12.0 Å². The number of nitrogens with zero attached hydrogens (tertiary/aromatic N) is 1. The van der Waals surface area contributed by atoms with Crippen molar-refractivity contribution < 1.29 is 14.3 Å². The van der Waals surface area contributed by atoms with Crippen LogP contribution in [-0.4, -0.2) is 57.1 Å². The normalized spacial score (nSPS) is 10.2. The molecule has 1 aromatic carbocycles. The third-order valence-corrected chi connectivity index (χ3v) is 2.99. The fourth-order valence-corrected chi connectivity index (χ4v) is 1.84. The maximum absolute atomic E-state index is 12.2. The zero-order valence-corrected chi connectivity index (χ0v) is 12.6. The van der Waals surface area contributed by atoms with Crippen molar-refractivity contribution in [3.05, 3.63) is 35.4 Å². The number of rotatable bonds is 8. The quantitative estimate of drug-likeness (QED) is 0.662. The van der Waals surface area contributed by atoms with E-state index in [0.29, 0.717) is 25.3 Å². The van der Waals surface area contributed by atoms with Gasteiger partial charge in [0.2, 0.25) is 5.91 Å². The van der Waals surface area contributed by atoms with E-state index in [2.05, 4.69) is 5.32 Å². The van der Waals surface area contributed by atoms with Crippen LogP contribution in [-0.2, 0) is 16.0 Å². The van der Waals surface area contributed by atoms with Gasteiger partial charge in [0.15, 0.2) is 0 Å². The number of methoxy groups -OCH3 is 1. The molecule has 0 radical (unpaired) electrons. The van der Waals surface area contributed by atoms with Gasteiger partial charge < -0.3 is 20.7 Å². The van der Waals surface area contributed by atoms with Crippen LogP contribution in [0.1, 0.15) is 15.9 Å². The first-order valence-electron chi connectivity index (χ1n) is 6.88. The van der Waals surface area contributed by atoms with Crippen LogP contribution in [0.3, 0.4) is 0 Å². The molecule has 0 aliphatic rings. The number of hydrogen-bond acceptors (Lipinski definition) is 4. The predicted molar refractivity (Wildman–Crippen MR) is 81.0 cm³/mol. The Labute approximate surface area is 125 Å². The van der Waals surface area contributed by atoms with E-state index >= 15 is 0 Å². The number of nitrogens with one attached hydrogen (secondary N) is 1. The molecule has 116 valence electrons. The Kier molecular flexibility index (Phi) is 7.42. The molecule has 6 nitrogen and oxygen atoms in total. The van der Waals surface area contributed by atoms with Crippen LogP contribution in [0.2, 0.25) is 0 Å². The summed E-state index contributed by atoms with van der Waals surface area (Å²) in [6.45, 7) is 1.49. The zero-order valence-electron chi connectivity index (χ0n) is 12.6. The van der Waals surface area contributed by atoms with Gasteiger partial charge in [-0.15, -0.1) is 0 Å². The minimum Gasteiger partial charge on any atom is -0.383 e. The fraction of sp³-hybridized carbons (Fsp3) is 0.467. The molecule has 0 aromatic heterocycles. The first-order chi connectivity index (χ1) is 10.1. The van der Waals surface area contributed by atoms with Gasteiger partial charge in [0.25, 0.3) is 5.91 Å². The summed E-state index contributed by atoms with van der Waals surface area (Å²) in [7, 11) is 3.17. The van der Waals surface area contributed by atoms with Crippen molar-refractivity contribution >= 4 is 11.8 Å². The molecule has 0 aliphatic heterocycles. The molecule has 0 atom stereocenters. The lowest BCUT2D eigenvalue weighted by molar-refractivity contribution is -0.121. The minimum atomic E-state index is -0.206. The van der Waals surface area contributed by atoms with Crippen LogP contribution >= 0.6 is 0 Å². The summed E-state index contributed by atoms with van der Waals surface area (Å²) >= 11 is 0. The lowest BCUT2D eigenvalue weighted by Crippen LogP contribution is -2.39. The van der Waals surface area contributed by atoms with E-state index in [9.17, 15) is 9.59 Å². The molecule has 0 fully saturated rings. The van der Waals surface area contributed by atoms with Crippen LogP contribution in [0.4, 0.5) is 0 Å². The molecule has 0 aliphatic carbocycles. The number of likely N-dealkylation sites (N-methyl/N-ethyl adjacent to an activating group) is 1. The molecule has 0 unspecified atom stereocenters. The van der Waals surface area contributed by atoms with Crippen molar-refractivity contribution in [1.29, 1.82) is 0 Å². The first-order valence-corrected chi connectivity index (χ1v) is 6.88. The van der Waals surface area contributed by atoms with Crippen LogP contribution in [0.25, 0.3) is 0 Å². The monoisotopic (exact) mass is 293 g/mol. The second kappa shape index (κ2) is 9.10. The van der Waals surface area contributed by atoms with Crippen LogP contribution in [0.5, 0.6) is 0 Å². The highest BCUT2D eigenvalue weighted by Gasteiger charge is 2.14. The number of nitrogens with two attached hydrogens (primary N) is 1. The molecule has 0 saturated carbocycles. The van der Waals surface area contributed by atoms with Gasteiger partial charge in [-0.3, -0.25) is 9.59 Å². The first kappa shape index (κ1) is 17.1. The molecule has 0 bridgehead atoms. The number of hydrogen-bond donors (Lipinski definition) is 2. The average molecular weight is 293 g/mol. The molecule has 21 heavy (non-hydrogen) atoms. The molecular weight excluding hydrogens is 270 g/mol. The largest absolute Gasteiger partial charge is 0.383 e. The van der Waals surface area contributed by atoms with Crippen LogP contribution in [0.15, 0.2) is 24.3 Å². The molecular formula is C15H23N3O3. The Morgan fingerprint density at radius 3 is 2.52 bits per heavy atom. The van der Waals surface area contributed by atoms with Crippen molar-refractivity contribution in [3.8, 4) is 0 Å². The lowest BCUT2D eigenvalue weighted by Gasteiger charge is -2.17. The van der Waals surface area contributed by atoms with E-state index in [1.807, 2.05) is 12.1 Å². The number of amides is 2. The van der Waals surface area contributed by atoms with Gasteiger partial charge in [0.1, 0.15) is 0 Å². The summed E-state index contributed by atoms with van der Waals surface area (Å²) in [4.78, 5) is 25.2. The number of benzene rings is 1. The summed E-state index contributed by atoms with van der Waals surface area (Å²) in [6.07, 6.45) is 0.784. The minimum absolute atomic E-state index is 0.0209. The molecule has 2 amide bonds. The van der Waals surface area contributed by atoms with Gasteiger partial charge in [-0.25, -0.2) is 0 Å². The molecule has 3 N–H and O–H groups in total. The summed E-state index contributed by atoms with van der Waals surface area (Å²) in [5.41, 5.74) is 7.13.